The van der Waals surface area contributed by atoms with Crippen molar-refractivity contribution in [2.45, 2.75) is 20.0 Å². The summed E-state index contributed by atoms with van der Waals surface area (Å²) in [5, 5.41) is 2.95. The molecule has 0 radical (unpaired) electrons. The van der Waals surface area contributed by atoms with Gasteiger partial charge in [-0.3, -0.25) is 10.3 Å². The lowest BCUT2D eigenvalue weighted by Crippen LogP contribution is -2.25. The van der Waals surface area contributed by atoms with Crippen molar-refractivity contribution in [2.24, 2.45) is 0 Å². The van der Waals surface area contributed by atoms with Crippen LogP contribution in [-0.4, -0.2) is 45.8 Å². The Morgan fingerprint density at radius 2 is 2.05 bits per heavy atom. The van der Waals surface area contributed by atoms with Crippen LogP contribution in [0.4, 0.5) is 14.9 Å². The topological polar surface area (TPSA) is 141 Å². The van der Waals surface area contributed by atoms with Gasteiger partial charge >= 0.3 is 11.8 Å². The summed E-state index contributed by atoms with van der Waals surface area (Å²) in [6, 6.07) is 9.98. The molecule has 14 heteroatoms. The van der Waals surface area contributed by atoms with Gasteiger partial charge in [-0.15, -0.1) is 11.3 Å². The predicted octanol–water partition coefficient (Wildman–Crippen LogP) is 6.47. The van der Waals surface area contributed by atoms with Gasteiger partial charge in [0, 0.05) is 23.4 Å². The molecule has 0 aliphatic rings. The van der Waals surface area contributed by atoms with Crippen molar-refractivity contribution in [2.75, 3.05) is 19.0 Å². The maximum atomic E-state index is 15.2. The van der Waals surface area contributed by atoms with Crippen LogP contribution in [0.1, 0.15) is 12.5 Å². The van der Waals surface area contributed by atoms with Crippen LogP contribution in [0.25, 0.3) is 42.9 Å². The molecule has 0 fully saturated rings. The van der Waals surface area contributed by atoms with Crippen LogP contribution < -0.4 is 20.5 Å². The summed E-state index contributed by atoms with van der Waals surface area (Å²) in [5.41, 5.74) is 4.35. The number of aryl methyl sites for hydroxylation is 1. The number of aromatic amines is 1. The van der Waals surface area contributed by atoms with Crippen LogP contribution in [0.15, 0.2) is 51.8 Å². The quantitative estimate of drug-likeness (QED) is 0.208. The molecule has 6 aromatic rings. The third-order valence-electron chi connectivity index (χ3n) is 6.19. The third kappa shape index (κ3) is 5.31. The molecule has 3 aromatic carbocycles. The number of rotatable bonds is 7. The van der Waals surface area contributed by atoms with Gasteiger partial charge in [0.2, 0.25) is 5.88 Å². The fourth-order valence-electron chi connectivity index (χ4n) is 4.31. The van der Waals surface area contributed by atoms with Crippen LogP contribution in [0.3, 0.4) is 0 Å². The Morgan fingerprint density at radius 3 is 2.86 bits per heavy atom. The van der Waals surface area contributed by atoms with Gasteiger partial charge in [0.15, 0.2) is 17.1 Å². The molecular formula is C28H21ClFN5O6S. The van der Waals surface area contributed by atoms with Gasteiger partial charge in [0.1, 0.15) is 28.3 Å². The van der Waals surface area contributed by atoms with Crippen molar-refractivity contribution in [1.82, 2.24) is 19.9 Å². The molecule has 0 aliphatic carbocycles. The third-order valence-corrected chi connectivity index (χ3v) is 7.57. The maximum absolute atomic E-state index is 15.2. The average molecular weight is 610 g/mol. The van der Waals surface area contributed by atoms with E-state index in [0.29, 0.717) is 37.8 Å². The number of nitrogens with one attached hydrogen (secondary N) is 2. The number of aromatic nitrogens is 4. The molecule has 0 saturated carbocycles. The van der Waals surface area contributed by atoms with Crippen LogP contribution in [0.2, 0.25) is 5.02 Å². The zero-order chi connectivity index (χ0) is 29.5. The number of oxazole rings is 1. The minimum Gasteiger partial charge on any atom is -0.487 e. The normalized spacial score (nSPS) is 12.1. The first-order valence-electron chi connectivity index (χ1n) is 12.5. The number of halogens is 2. The van der Waals surface area contributed by atoms with E-state index in [1.807, 2.05) is 19.1 Å². The number of benzene rings is 3. The van der Waals surface area contributed by atoms with Crippen molar-refractivity contribution < 1.29 is 27.8 Å². The molecule has 1 unspecified atom stereocenters. The molecule has 42 heavy (non-hydrogen) atoms. The Morgan fingerprint density at radius 1 is 1.21 bits per heavy atom. The summed E-state index contributed by atoms with van der Waals surface area (Å²) in [6.45, 7) is 3.37. The number of carbonyl (C=O) groups is 1. The molecule has 0 bridgehead atoms. The van der Waals surface area contributed by atoms with Gasteiger partial charge in [0.25, 0.3) is 0 Å². The van der Waals surface area contributed by atoms with Gasteiger partial charge in [-0.2, -0.15) is 0 Å². The second-order valence-corrected chi connectivity index (χ2v) is 10.7. The number of ether oxygens (including phenoxy) is 3. The summed E-state index contributed by atoms with van der Waals surface area (Å²) in [4.78, 5) is 39.8. The van der Waals surface area contributed by atoms with E-state index in [1.165, 1.54) is 36.8 Å². The molecular weight excluding hydrogens is 589 g/mol. The van der Waals surface area contributed by atoms with Crippen LogP contribution >= 0.6 is 22.9 Å². The first kappa shape index (κ1) is 27.4. The number of H-pyrrole nitrogens is 1. The number of fused-ring (bicyclic) bond motifs is 3. The number of hydrogen-bond acceptors (Lipinski definition) is 10. The molecule has 0 saturated heterocycles. The van der Waals surface area contributed by atoms with E-state index in [-0.39, 0.29) is 28.5 Å². The molecule has 0 spiro atoms. The van der Waals surface area contributed by atoms with Crippen molar-refractivity contribution in [3.05, 3.63) is 69.5 Å². The monoisotopic (exact) mass is 609 g/mol. The highest BCUT2D eigenvalue weighted by molar-refractivity contribution is 7.21. The zero-order valence-corrected chi connectivity index (χ0v) is 23.9. The fourth-order valence-corrected chi connectivity index (χ4v) is 5.62. The van der Waals surface area contributed by atoms with E-state index in [4.69, 9.17) is 30.2 Å². The highest BCUT2D eigenvalue weighted by Gasteiger charge is 2.21. The SMILES string of the molecule is COc1cnc2c(-c3nc4c(Cl)c(F)c(OCC(C)OC(=O)Nc5ccc6[nH]c(=O)oc6c5)cc4s3)cc(C)cc2n1. The standard InChI is InChI=1S/C28H21ClFN5O6S/c1-12-6-15(24-17(7-12)33-21(38-3)10-31-24)26-35-25-20(42-26)9-19(23(30)22(25)29)39-11-13(2)40-27(36)32-14-4-5-16-18(8-14)41-28(37)34-16/h4-10,13H,11H2,1-3H3,(H,32,36)(H,34,37). The van der Waals surface area contributed by atoms with E-state index in [9.17, 15) is 9.59 Å². The first-order valence-corrected chi connectivity index (χ1v) is 13.7. The second kappa shape index (κ2) is 10.9. The largest absolute Gasteiger partial charge is 0.487 e. The number of nitrogens with zero attached hydrogens (tertiary/aromatic N) is 3. The Labute approximate surface area is 245 Å². The number of anilines is 1. The van der Waals surface area contributed by atoms with E-state index in [0.717, 1.165) is 11.1 Å². The number of hydrogen-bond donors (Lipinski definition) is 2. The van der Waals surface area contributed by atoms with Crippen LogP contribution in [-0.2, 0) is 4.74 Å². The highest BCUT2D eigenvalue weighted by Crippen LogP contribution is 2.40. The Hall–Kier alpha value is -4.75. The lowest BCUT2D eigenvalue weighted by molar-refractivity contribution is 0.0844. The first-order chi connectivity index (χ1) is 20.2. The Kier molecular flexibility index (Phi) is 7.12. The number of methoxy groups -OCH3 is 1. The average Bonchev–Trinajstić information content (AvgIpc) is 3.55. The summed E-state index contributed by atoms with van der Waals surface area (Å²) >= 11 is 7.68. The van der Waals surface area contributed by atoms with Gasteiger partial charge in [0.05, 0.1) is 34.6 Å². The maximum Gasteiger partial charge on any atom is 0.417 e. The minimum absolute atomic E-state index is 0.106. The fraction of sp³-hybridized carbons (Fsp3) is 0.179. The molecule has 0 aliphatic heterocycles. The molecule has 3 aromatic heterocycles. The van der Waals surface area contributed by atoms with Crippen molar-refractivity contribution >= 4 is 67.1 Å². The van der Waals surface area contributed by atoms with Crippen molar-refractivity contribution in [3.63, 3.8) is 0 Å². The number of thiazole rings is 1. The molecule has 214 valence electrons. The summed E-state index contributed by atoms with van der Waals surface area (Å²) in [7, 11) is 1.52. The van der Waals surface area contributed by atoms with Crippen molar-refractivity contribution in [1.29, 1.82) is 0 Å². The van der Waals surface area contributed by atoms with E-state index in [1.54, 1.807) is 19.1 Å². The Balaban J connectivity index is 1.18. The molecule has 1 amide bonds. The number of carbonyl (C=O) groups excluding carboxylic acids is 1. The predicted molar refractivity (Wildman–Crippen MR) is 156 cm³/mol. The van der Waals surface area contributed by atoms with E-state index < -0.39 is 23.8 Å². The van der Waals surface area contributed by atoms with E-state index in [2.05, 4.69) is 25.3 Å². The van der Waals surface area contributed by atoms with Gasteiger partial charge in [-0.05, 0) is 43.7 Å². The highest BCUT2D eigenvalue weighted by atomic mass is 35.5. The van der Waals surface area contributed by atoms with Gasteiger partial charge < -0.3 is 18.6 Å². The van der Waals surface area contributed by atoms with E-state index >= 15 is 4.39 Å². The lowest BCUT2D eigenvalue weighted by Gasteiger charge is -2.15. The van der Waals surface area contributed by atoms with Crippen LogP contribution in [0, 0.1) is 12.7 Å². The molecule has 6 rings (SSSR count). The second-order valence-electron chi connectivity index (χ2n) is 9.34. The molecule has 11 nitrogen and oxygen atoms in total. The summed E-state index contributed by atoms with van der Waals surface area (Å²) in [5.74, 6) is -1.10. The van der Waals surface area contributed by atoms with Crippen molar-refractivity contribution in [3.8, 4) is 22.2 Å². The minimum atomic E-state index is -0.780. The van der Waals surface area contributed by atoms with Gasteiger partial charge in [-0.1, -0.05) is 11.6 Å². The summed E-state index contributed by atoms with van der Waals surface area (Å²) < 4.78 is 36.9. The molecule has 2 N–H and O–H groups in total. The molecule has 3 heterocycles. The summed E-state index contributed by atoms with van der Waals surface area (Å²) in [6.07, 6.45) is 0.00522. The van der Waals surface area contributed by atoms with Crippen LogP contribution in [0.5, 0.6) is 11.6 Å². The smallest absolute Gasteiger partial charge is 0.417 e. The van der Waals surface area contributed by atoms with Gasteiger partial charge in [-0.25, -0.2) is 28.9 Å². The zero-order valence-electron chi connectivity index (χ0n) is 22.3. The Bertz CT molecular complexity index is 2060. The number of amides is 1. The lowest BCUT2D eigenvalue weighted by atomic mass is 10.1. The molecule has 1 atom stereocenters.